The molecule has 2 aromatic carbocycles. The predicted molar refractivity (Wildman–Crippen MR) is 122 cm³/mol. The monoisotopic (exact) mass is 435 g/mol. The van der Waals surface area contributed by atoms with E-state index in [1.54, 1.807) is 36.2 Å². The summed E-state index contributed by atoms with van der Waals surface area (Å²) in [5.41, 5.74) is 1.71. The lowest BCUT2D eigenvalue weighted by Gasteiger charge is -2.19. The maximum atomic E-state index is 12.1. The molecule has 3 aromatic rings. The first-order valence-corrected chi connectivity index (χ1v) is 10.1. The quantitative estimate of drug-likeness (QED) is 0.295. The Labute approximate surface area is 186 Å². The first-order chi connectivity index (χ1) is 15.3. The Kier molecular flexibility index (Phi) is 7.33. The van der Waals surface area contributed by atoms with Crippen molar-refractivity contribution < 1.29 is 14.5 Å². The molecule has 0 radical (unpaired) electrons. The SMILES string of the molecule is CC(C)COC(=O)c1ccc(Nc2ncnc(N(C)Cc3ccccc3)c2[N+](=O)[O-])cc1. The van der Waals surface area contributed by atoms with Gasteiger partial charge < -0.3 is 15.0 Å². The molecule has 0 bridgehead atoms. The van der Waals surface area contributed by atoms with Crippen molar-refractivity contribution in [3.05, 3.63) is 82.2 Å². The van der Waals surface area contributed by atoms with Gasteiger partial charge in [-0.2, -0.15) is 0 Å². The van der Waals surface area contributed by atoms with E-state index >= 15 is 0 Å². The molecule has 0 amide bonds. The van der Waals surface area contributed by atoms with Gasteiger partial charge in [0, 0.05) is 19.3 Å². The van der Waals surface area contributed by atoms with Crippen LogP contribution in [0.3, 0.4) is 0 Å². The van der Waals surface area contributed by atoms with Crippen LogP contribution in [-0.4, -0.2) is 34.5 Å². The number of nitrogens with zero attached hydrogens (tertiary/aromatic N) is 4. The molecule has 0 aliphatic heterocycles. The maximum absolute atomic E-state index is 12.1. The van der Waals surface area contributed by atoms with Crippen molar-refractivity contribution in [2.45, 2.75) is 20.4 Å². The molecule has 9 nitrogen and oxygen atoms in total. The first-order valence-electron chi connectivity index (χ1n) is 10.1. The van der Waals surface area contributed by atoms with Gasteiger partial charge in [-0.25, -0.2) is 14.8 Å². The molecule has 1 heterocycles. The normalized spacial score (nSPS) is 10.6. The standard InChI is InChI=1S/C23H25N5O4/c1-16(2)14-32-23(29)18-9-11-19(12-10-18)26-21-20(28(30)31)22(25-15-24-21)27(3)13-17-7-5-4-6-8-17/h4-12,15-16H,13-14H2,1-3H3,(H,24,25,26). The molecule has 0 aliphatic carbocycles. The molecule has 0 unspecified atom stereocenters. The van der Waals surface area contributed by atoms with Crippen LogP contribution in [0.25, 0.3) is 0 Å². The Morgan fingerprint density at radius 1 is 1.12 bits per heavy atom. The van der Waals surface area contributed by atoms with E-state index in [0.29, 0.717) is 24.4 Å². The Balaban J connectivity index is 1.80. The van der Waals surface area contributed by atoms with Crippen LogP contribution in [0.4, 0.5) is 23.0 Å². The molecular formula is C23H25N5O4. The van der Waals surface area contributed by atoms with Crippen LogP contribution in [-0.2, 0) is 11.3 Å². The van der Waals surface area contributed by atoms with Crippen molar-refractivity contribution in [3.63, 3.8) is 0 Å². The van der Waals surface area contributed by atoms with E-state index in [1.165, 1.54) is 6.33 Å². The highest BCUT2D eigenvalue weighted by atomic mass is 16.6. The third-order valence-corrected chi connectivity index (χ3v) is 4.54. The number of carbonyl (C=O) groups excluding carboxylic acids is 1. The van der Waals surface area contributed by atoms with Crippen molar-refractivity contribution in [2.75, 3.05) is 23.9 Å². The van der Waals surface area contributed by atoms with Crippen LogP contribution >= 0.6 is 0 Å². The predicted octanol–water partition coefficient (Wildman–Crippen LogP) is 4.58. The summed E-state index contributed by atoms with van der Waals surface area (Å²) in [5, 5.41) is 14.8. The molecule has 1 aromatic heterocycles. The Morgan fingerprint density at radius 2 is 1.81 bits per heavy atom. The number of nitro groups is 1. The van der Waals surface area contributed by atoms with Crippen LogP contribution in [0.15, 0.2) is 60.9 Å². The number of benzene rings is 2. The summed E-state index contributed by atoms with van der Waals surface area (Å²) in [7, 11) is 1.74. The number of rotatable bonds is 9. The Hall–Kier alpha value is -4.01. The molecule has 3 rings (SSSR count). The van der Waals surface area contributed by atoms with E-state index in [0.717, 1.165) is 5.56 Å². The van der Waals surface area contributed by atoms with Crippen LogP contribution in [0.1, 0.15) is 29.8 Å². The number of hydrogen-bond acceptors (Lipinski definition) is 8. The van der Waals surface area contributed by atoms with Gasteiger partial charge in [-0.05, 0) is 35.7 Å². The van der Waals surface area contributed by atoms with Crippen molar-refractivity contribution in [1.29, 1.82) is 0 Å². The zero-order chi connectivity index (χ0) is 23.1. The van der Waals surface area contributed by atoms with Gasteiger partial charge in [0.25, 0.3) is 0 Å². The highest BCUT2D eigenvalue weighted by molar-refractivity contribution is 5.90. The zero-order valence-electron chi connectivity index (χ0n) is 18.2. The minimum Gasteiger partial charge on any atom is -0.462 e. The fourth-order valence-corrected chi connectivity index (χ4v) is 2.99. The number of nitrogens with one attached hydrogen (secondary N) is 1. The van der Waals surface area contributed by atoms with E-state index < -0.39 is 10.9 Å². The lowest BCUT2D eigenvalue weighted by atomic mass is 10.2. The Morgan fingerprint density at radius 3 is 2.44 bits per heavy atom. The molecule has 166 valence electrons. The smallest absolute Gasteiger partial charge is 0.353 e. The number of anilines is 3. The fraction of sp³-hybridized carbons (Fsp3) is 0.261. The number of ether oxygens (including phenoxy) is 1. The van der Waals surface area contributed by atoms with Crippen LogP contribution in [0.2, 0.25) is 0 Å². The molecule has 32 heavy (non-hydrogen) atoms. The third-order valence-electron chi connectivity index (χ3n) is 4.54. The highest BCUT2D eigenvalue weighted by Gasteiger charge is 2.26. The van der Waals surface area contributed by atoms with Crippen molar-refractivity contribution in [2.24, 2.45) is 5.92 Å². The molecule has 0 saturated carbocycles. The van der Waals surface area contributed by atoms with Gasteiger partial charge in [0.15, 0.2) is 0 Å². The van der Waals surface area contributed by atoms with E-state index in [9.17, 15) is 14.9 Å². The van der Waals surface area contributed by atoms with E-state index in [2.05, 4.69) is 15.3 Å². The summed E-state index contributed by atoms with van der Waals surface area (Å²) in [5.74, 6) is 0.0933. The Bertz CT molecular complexity index is 1070. The summed E-state index contributed by atoms with van der Waals surface area (Å²) in [6, 6.07) is 16.1. The van der Waals surface area contributed by atoms with Crippen LogP contribution in [0.5, 0.6) is 0 Å². The first kappa shape index (κ1) is 22.7. The summed E-state index contributed by atoms with van der Waals surface area (Å²) in [6.45, 7) is 4.71. The number of aromatic nitrogens is 2. The van der Waals surface area contributed by atoms with Gasteiger partial charge in [0.05, 0.1) is 17.1 Å². The van der Waals surface area contributed by atoms with Crippen LogP contribution < -0.4 is 10.2 Å². The molecular weight excluding hydrogens is 410 g/mol. The molecule has 0 fully saturated rings. The minimum absolute atomic E-state index is 0.0649. The maximum Gasteiger partial charge on any atom is 0.353 e. The lowest BCUT2D eigenvalue weighted by molar-refractivity contribution is -0.383. The number of carbonyl (C=O) groups is 1. The van der Waals surface area contributed by atoms with E-state index in [4.69, 9.17) is 4.74 Å². The number of hydrogen-bond donors (Lipinski definition) is 1. The molecule has 9 heteroatoms. The second-order valence-electron chi connectivity index (χ2n) is 7.69. The summed E-state index contributed by atoms with van der Waals surface area (Å²) in [6.07, 6.45) is 1.28. The van der Waals surface area contributed by atoms with Gasteiger partial charge in [0.2, 0.25) is 11.6 Å². The fourth-order valence-electron chi connectivity index (χ4n) is 2.99. The van der Waals surface area contributed by atoms with Gasteiger partial charge in [-0.3, -0.25) is 10.1 Å². The minimum atomic E-state index is -0.503. The van der Waals surface area contributed by atoms with E-state index in [-0.39, 0.29) is 23.2 Å². The topological polar surface area (TPSA) is 110 Å². The van der Waals surface area contributed by atoms with Gasteiger partial charge in [-0.15, -0.1) is 0 Å². The molecule has 0 aliphatic rings. The van der Waals surface area contributed by atoms with Gasteiger partial charge in [0.1, 0.15) is 6.33 Å². The van der Waals surface area contributed by atoms with E-state index in [1.807, 2.05) is 44.2 Å². The molecule has 0 saturated heterocycles. The lowest BCUT2D eigenvalue weighted by Crippen LogP contribution is -2.20. The number of esters is 1. The van der Waals surface area contributed by atoms with Crippen molar-refractivity contribution >= 4 is 29.0 Å². The summed E-state index contributed by atoms with van der Waals surface area (Å²) in [4.78, 5) is 33.3. The largest absolute Gasteiger partial charge is 0.462 e. The third kappa shape index (κ3) is 5.78. The molecule has 0 atom stereocenters. The van der Waals surface area contributed by atoms with Gasteiger partial charge in [-0.1, -0.05) is 44.2 Å². The molecule has 0 spiro atoms. The second-order valence-corrected chi connectivity index (χ2v) is 7.69. The average molecular weight is 435 g/mol. The van der Waals surface area contributed by atoms with Crippen molar-refractivity contribution in [3.8, 4) is 0 Å². The summed E-state index contributed by atoms with van der Waals surface area (Å²) < 4.78 is 5.21. The second kappa shape index (κ2) is 10.3. The average Bonchev–Trinajstić information content (AvgIpc) is 2.78. The zero-order valence-corrected chi connectivity index (χ0v) is 18.2. The molecule has 1 N–H and O–H groups in total. The highest BCUT2D eigenvalue weighted by Crippen LogP contribution is 2.33. The van der Waals surface area contributed by atoms with Crippen LogP contribution in [0, 0.1) is 16.0 Å². The van der Waals surface area contributed by atoms with Crippen molar-refractivity contribution in [1.82, 2.24) is 9.97 Å². The summed E-state index contributed by atoms with van der Waals surface area (Å²) >= 11 is 0. The van der Waals surface area contributed by atoms with Gasteiger partial charge >= 0.3 is 11.7 Å².